The van der Waals surface area contributed by atoms with Crippen LogP contribution in [0.1, 0.15) is 38.4 Å². The molecule has 98 valence electrons. The number of nitrogens with zero attached hydrogens (tertiary/aromatic N) is 3. The second-order valence-corrected chi connectivity index (χ2v) is 5.67. The molecule has 0 saturated carbocycles. The Kier molecular flexibility index (Phi) is 3.66. The summed E-state index contributed by atoms with van der Waals surface area (Å²) < 4.78 is 1.84. The predicted octanol–water partition coefficient (Wildman–Crippen LogP) is 2.56. The zero-order valence-corrected chi connectivity index (χ0v) is 11.7. The van der Waals surface area contributed by atoms with Crippen LogP contribution in [0.5, 0.6) is 0 Å². The number of hydrogen-bond donors (Lipinski definition) is 1. The molecule has 0 aliphatic rings. The Labute approximate surface area is 108 Å². The third-order valence-electron chi connectivity index (χ3n) is 3.38. The number of aryl methyl sites for hydroxylation is 1. The van der Waals surface area contributed by atoms with Crippen LogP contribution in [0.2, 0.25) is 0 Å². The zero-order valence-electron chi connectivity index (χ0n) is 11.7. The Hall–Kier alpha value is -1.42. The molecule has 2 heterocycles. The van der Waals surface area contributed by atoms with Crippen molar-refractivity contribution >= 4 is 5.65 Å². The lowest BCUT2D eigenvalue weighted by Gasteiger charge is -2.22. The van der Waals surface area contributed by atoms with Crippen molar-refractivity contribution in [2.75, 3.05) is 6.54 Å². The molecule has 0 aliphatic heterocycles. The first-order valence-electron chi connectivity index (χ1n) is 6.52. The summed E-state index contributed by atoms with van der Waals surface area (Å²) in [4.78, 5) is 4.40. The number of fused-ring (bicyclic) bond motifs is 1. The van der Waals surface area contributed by atoms with Crippen LogP contribution < -0.4 is 5.32 Å². The molecule has 0 unspecified atom stereocenters. The van der Waals surface area contributed by atoms with E-state index in [0.717, 1.165) is 30.0 Å². The Bertz CT molecular complexity index is 528. The first-order chi connectivity index (χ1) is 8.50. The standard InChI is InChI=1S/C14H22N4/c1-5-14(3,4)10-15-7-12-8-16-13-6-11(2)17-18(13)9-12/h6,8-9,15H,5,7,10H2,1-4H3. The highest BCUT2D eigenvalue weighted by atomic mass is 15.2. The molecule has 4 nitrogen and oxygen atoms in total. The minimum atomic E-state index is 0.347. The summed E-state index contributed by atoms with van der Waals surface area (Å²) >= 11 is 0. The van der Waals surface area contributed by atoms with Gasteiger partial charge in [0, 0.05) is 37.1 Å². The summed E-state index contributed by atoms with van der Waals surface area (Å²) in [5.41, 5.74) is 3.42. The summed E-state index contributed by atoms with van der Waals surface area (Å²) in [6.07, 6.45) is 5.14. The predicted molar refractivity (Wildman–Crippen MR) is 73.5 cm³/mol. The van der Waals surface area contributed by atoms with Crippen molar-refractivity contribution in [3.8, 4) is 0 Å². The fourth-order valence-corrected chi connectivity index (χ4v) is 1.80. The summed E-state index contributed by atoms with van der Waals surface area (Å²) in [7, 11) is 0. The highest BCUT2D eigenvalue weighted by Crippen LogP contribution is 2.17. The van der Waals surface area contributed by atoms with E-state index in [1.165, 1.54) is 6.42 Å². The number of aromatic nitrogens is 3. The van der Waals surface area contributed by atoms with E-state index in [1.807, 2.05) is 29.9 Å². The normalized spacial score (nSPS) is 12.2. The highest BCUT2D eigenvalue weighted by molar-refractivity contribution is 5.38. The third kappa shape index (κ3) is 3.07. The number of nitrogens with one attached hydrogen (secondary N) is 1. The van der Waals surface area contributed by atoms with Gasteiger partial charge in [0.1, 0.15) is 0 Å². The average molecular weight is 246 g/mol. The van der Waals surface area contributed by atoms with Crippen molar-refractivity contribution in [1.82, 2.24) is 19.9 Å². The molecule has 0 radical (unpaired) electrons. The minimum absolute atomic E-state index is 0.347. The minimum Gasteiger partial charge on any atom is -0.312 e. The fourth-order valence-electron chi connectivity index (χ4n) is 1.80. The van der Waals surface area contributed by atoms with Crippen molar-refractivity contribution in [2.45, 2.75) is 40.7 Å². The number of hydrogen-bond acceptors (Lipinski definition) is 3. The van der Waals surface area contributed by atoms with Crippen molar-refractivity contribution in [3.05, 3.63) is 29.7 Å². The van der Waals surface area contributed by atoms with Crippen LogP contribution in [-0.2, 0) is 6.54 Å². The van der Waals surface area contributed by atoms with Gasteiger partial charge in [-0.2, -0.15) is 5.10 Å². The Morgan fingerprint density at radius 3 is 2.89 bits per heavy atom. The lowest BCUT2D eigenvalue weighted by Crippen LogP contribution is -2.28. The molecule has 0 spiro atoms. The summed E-state index contributed by atoms with van der Waals surface area (Å²) in [5.74, 6) is 0. The van der Waals surface area contributed by atoms with E-state index in [1.54, 1.807) is 0 Å². The van der Waals surface area contributed by atoms with Gasteiger partial charge in [-0.15, -0.1) is 0 Å². The first kappa shape index (κ1) is 13.0. The highest BCUT2D eigenvalue weighted by Gasteiger charge is 2.13. The van der Waals surface area contributed by atoms with Gasteiger partial charge in [-0.1, -0.05) is 20.8 Å². The van der Waals surface area contributed by atoms with Gasteiger partial charge in [-0.3, -0.25) is 0 Å². The van der Waals surface area contributed by atoms with Gasteiger partial charge in [0.15, 0.2) is 5.65 Å². The molecular formula is C14H22N4. The monoisotopic (exact) mass is 246 g/mol. The zero-order chi connectivity index (χ0) is 13.2. The van der Waals surface area contributed by atoms with Crippen LogP contribution in [0.3, 0.4) is 0 Å². The molecule has 0 fully saturated rings. The molecule has 1 N–H and O–H groups in total. The summed E-state index contributed by atoms with van der Waals surface area (Å²) in [6, 6.07) is 1.98. The maximum absolute atomic E-state index is 4.40. The second kappa shape index (κ2) is 5.06. The molecule has 2 aromatic heterocycles. The van der Waals surface area contributed by atoms with Crippen LogP contribution in [0.25, 0.3) is 5.65 Å². The van der Waals surface area contributed by atoms with E-state index in [9.17, 15) is 0 Å². The van der Waals surface area contributed by atoms with E-state index in [4.69, 9.17) is 0 Å². The van der Waals surface area contributed by atoms with Crippen molar-refractivity contribution in [1.29, 1.82) is 0 Å². The van der Waals surface area contributed by atoms with Crippen LogP contribution in [0.4, 0.5) is 0 Å². The first-order valence-corrected chi connectivity index (χ1v) is 6.52. The Balaban J connectivity index is 1.99. The molecular weight excluding hydrogens is 224 g/mol. The maximum atomic E-state index is 4.40. The van der Waals surface area contributed by atoms with Crippen LogP contribution in [-0.4, -0.2) is 21.1 Å². The lowest BCUT2D eigenvalue weighted by molar-refractivity contribution is 0.327. The van der Waals surface area contributed by atoms with Crippen molar-refractivity contribution in [2.24, 2.45) is 5.41 Å². The lowest BCUT2D eigenvalue weighted by atomic mass is 9.90. The van der Waals surface area contributed by atoms with Crippen molar-refractivity contribution < 1.29 is 0 Å². The molecule has 0 amide bonds. The van der Waals surface area contributed by atoms with Crippen LogP contribution in [0, 0.1) is 12.3 Å². The van der Waals surface area contributed by atoms with Crippen LogP contribution >= 0.6 is 0 Å². The van der Waals surface area contributed by atoms with Gasteiger partial charge < -0.3 is 5.32 Å². The molecule has 0 saturated heterocycles. The SMILES string of the molecule is CCC(C)(C)CNCc1cnc2cc(C)nn2c1. The molecule has 2 aromatic rings. The van der Waals surface area contributed by atoms with Gasteiger partial charge in [-0.25, -0.2) is 9.50 Å². The van der Waals surface area contributed by atoms with Gasteiger partial charge in [-0.05, 0) is 18.8 Å². The van der Waals surface area contributed by atoms with Crippen molar-refractivity contribution in [3.63, 3.8) is 0 Å². The molecule has 4 heteroatoms. The Morgan fingerprint density at radius 1 is 1.39 bits per heavy atom. The number of rotatable bonds is 5. The van der Waals surface area contributed by atoms with E-state index < -0.39 is 0 Å². The smallest absolute Gasteiger partial charge is 0.155 e. The second-order valence-electron chi connectivity index (χ2n) is 5.67. The van der Waals surface area contributed by atoms with E-state index in [-0.39, 0.29) is 0 Å². The van der Waals surface area contributed by atoms with Gasteiger partial charge in [0.25, 0.3) is 0 Å². The topological polar surface area (TPSA) is 42.2 Å². The molecule has 0 aliphatic carbocycles. The van der Waals surface area contributed by atoms with E-state index >= 15 is 0 Å². The van der Waals surface area contributed by atoms with Gasteiger partial charge in [0.05, 0.1) is 5.69 Å². The third-order valence-corrected chi connectivity index (χ3v) is 3.38. The maximum Gasteiger partial charge on any atom is 0.155 e. The van der Waals surface area contributed by atoms with E-state index in [2.05, 4.69) is 36.2 Å². The van der Waals surface area contributed by atoms with Crippen LogP contribution in [0.15, 0.2) is 18.5 Å². The Morgan fingerprint density at radius 2 is 2.17 bits per heavy atom. The summed E-state index contributed by atoms with van der Waals surface area (Å²) in [5, 5.41) is 7.86. The summed E-state index contributed by atoms with van der Waals surface area (Å²) in [6.45, 7) is 10.6. The quantitative estimate of drug-likeness (QED) is 0.881. The van der Waals surface area contributed by atoms with Gasteiger partial charge >= 0.3 is 0 Å². The van der Waals surface area contributed by atoms with E-state index in [0.29, 0.717) is 5.41 Å². The average Bonchev–Trinajstić information content (AvgIpc) is 2.68. The molecule has 18 heavy (non-hydrogen) atoms. The molecule has 2 rings (SSSR count). The largest absolute Gasteiger partial charge is 0.312 e. The van der Waals surface area contributed by atoms with Gasteiger partial charge in [0.2, 0.25) is 0 Å². The molecule has 0 aromatic carbocycles. The molecule has 0 atom stereocenters. The fraction of sp³-hybridized carbons (Fsp3) is 0.571. The molecule has 0 bridgehead atoms.